The number of nitrogens with one attached hydrogen (secondary N) is 2. The normalized spacial score (nSPS) is 12.8. The molecule has 1 aromatic carbocycles. The van der Waals surface area contributed by atoms with Gasteiger partial charge in [0.1, 0.15) is 0 Å². The third-order valence-corrected chi connectivity index (χ3v) is 6.89. The van der Waals surface area contributed by atoms with E-state index in [-0.39, 0.29) is 0 Å². The second-order valence-corrected chi connectivity index (χ2v) is 9.08. The van der Waals surface area contributed by atoms with E-state index in [2.05, 4.69) is 104 Å². The summed E-state index contributed by atoms with van der Waals surface area (Å²) in [7, 11) is 0. The first-order valence-corrected chi connectivity index (χ1v) is 11.6. The van der Waals surface area contributed by atoms with Crippen molar-refractivity contribution in [1.82, 2.24) is 19.9 Å². The lowest BCUT2D eigenvalue weighted by atomic mass is 10.0. The second kappa shape index (κ2) is 7.70. The van der Waals surface area contributed by atoms with Gasteiger partial charge >= 0.3 is 0 Å². The van der Waals surface area contributed by atoms with Crippen molar-refractivity contribution in [1.29, 1.82) is 0 Å². The molecule has 0 unspecified atom stereocenters. The van der Waals surface area contributed by atoms with Gasteiger partial charge in [-0.25, -0.2) is 9.97 Å². The van der Waals surface area contributed by atoms with E-state index in [0.717, 1.165) is 78.2 Å². The van der Waals surface area contributed by atoms with Crippen LogP contribution in [0.1, 0.15) is 46.4 Å². The molecule has 8 bridgehead atoms. The second-order valence-electron chi connectivity index (χ2n) is 9.08. The zero-order chi connectivity index (χ0) is 23.4. The number of hydrogen-bond donors (Lipinski definition) is 2. The lowest BCUT2D eigenvalue weighted by Crippen LogP contribution is -1.90. The molecule has 5 heterocycles. The van der Waals surface area contributed by atoms with Crippen LogP contribution >= 0.6 is 0 Å². The Bertz CT molecular complexity index is 1680. The van der Waals surface area contributed by atoms with Gasteiger partial charge in [0.25, 0.3) is 0 Å². The first kappa shape index (κ1) is 20.4. The van der Waals surface area contributed by atoms with Crippen LogP contribution in [0.5, 0.6) is 0 Å². The molecule has 4 nitrogen and oxygen atoms in total. The van der Waals surface area contributed by atoms with Gasteiger partial charge in [0.2, 0.25) is 0 Å². The molecule has 166 valence electrons. The number of aromatic nitrogens is 4. The molecule has 0 atom stereocenters. The number of benzene rings is 1. The highest BCUT2D eigenvalue weighted by Crippen LogP contribution is 2.34. The summed E-state index contributed by atoms with van der Waals surface area (Å²) in [5.74, 6) is 0. The largest absolute Gasteiger partial charge is 0.355 e. The van der Waals surface area contributed by atoms with Crippen LogP contribution in [0.4, 0.5) is 0 Å². The molecule has 2 aliphatic heterocycles. The average Bonchev–Trinajstić information content (AvgIpc) is 3.65. The minimum Gasteiger partial charge on any atom is -0.355 e. The number of aryl methyl sites for hydroxylation is 2. The van der Waals surface area contributed by atoms with E-state index in [9.17, 15) is 0 Å². The van der Waals surface area contributed by atoms with Gasteiger partial charge in [0.15, 0.2) is 0 Å². The van der Waals surface area contributed by atoms with Crippen LogP contribution in [0.2, 0.25) is 0 Å². The van der Waals surface area contributed by atoms with Crippen molar-refractivity contribution in [2.75, 3.05) is 0 Å². The van der Waals surface area contributed by atoms with E-state index >= 15 is 0 Å². The van der Waals surface area contributed by atoms with Gasteiger partial charge in [0.05, 0.1) is 22.8 Å². The van der Waals surface area contributed by atoms with Crippen molar-refractivity contribution in [3.8, 4) is 11.1 Å². The highest BCUT2D eigenvalue weighted by molar-refractivity contribution is 5.94. The minimum atomic E-state index is 0.965. The van der Waals surface area contributed by atoms with Crippen LogP contribution in [-0.2, 0) is 0 Å². The Morgan fingerprint density at radius 1 is 0.559 bits per heavy atom. The van der Waals surface area contributed by atoms with Crippen LogP contribution < -0.4 is 0 Å². The van der Waals surface area contributed by atoms with E-state index in [4.69, 9.17) is 9.97 Å². The van der Waals surface area contributed by atoms with E-state index in [0.29, 0.717) is 0 Å². The maximum Gasteiger partial charge on any atom is 0.0739 e. The van der Waals surface area contributed by atoms with Gasteiger partial charge in [-0.1, -0.05) is 30.3 Å². The molecule has 0 aliphatic carbocycles. The molecule has 4 aromatic rings. The first-order valence-electron chi connectivity index (χ1n) is 11.6. The fourth-order valence-electron chi connectivity index (χ4n) is 4.84. The third kappa shape index (κ3) is 3.22. The van der Waals surface area contributed by atoms with Gasteiger partial charge in [0, 0.05) is 33.2 Å². The maximum absolute atomic E-state index is 5.14. The average molecular weight is 443 g/mol. The van der Waals surface area contributed by atoms with Gasteiger partial charge in [-0.2, -0.15) is 0 Å². The Hall–Kier alpha value is -4.18. The van der Waals surface area contributed by atoms with E-state index in [1.807, 2.05) is 6.07 Å². The molecule has 0 radical (unpaired) electrons. The molecule has 0 spiro atoms. The van der Waals surface area contributed by atoms with Crippen molar-refractivity contribution in [2.24, 2.45) is 0 Å². The predicted molar refractivity (Wildman–Crippen MR) is 143 cm³/mol. The fraction of sp³-hybridized carbons (Fsp3) is 0.133. The number of hydrogen-bond acceptors (Lipinski definition) is 2. The molecular formula is C30H26N4. The zero-order valence-electron chi connectivity index (χ0n) is 19.8. The highest BCUT2D eigenvalue weighted by Gasteiger charge is 2.17. The summed E-state index contributed by atoms with van der Waals surface area (Å²) < 4.78 is 0. The Kier molecular flexibility index (Phi) is 4.63. The summed E-state index contributed by atoms with van der Waals surface area (Å²) in [6.45, 7) is 8.51. The number of nitrogens with zero attached hydrogens (tertiary/aromatic N) is 2. The van der Waals surface area contributed by atoms with E-state index < -0.39 is 0 Å². The monoisotopic (exact) mass is 442 g/mol. The van der Waals surface area contributed by atoms with Gasteiger partial charge in [-0.15, -0.1) is 0 Å². The SMILES string of the molecule is CC1=Cc2nc1c(C)c1nc(c(C)c3ccc([nH]3)c(C)c3ccc([nH]3)c2-c2ccccc2)C=C1. The highest BCUT2D eigenvalue weighted by atomic mass is 14.8. The minimum absolute atomic E-state index is 0.965. The molecule has 0 fully saturated rings. The van der Waals surface area contributed by atoms with Crippen LogP contribution in [-0.4, -0.2) is 19.9 Å². The summed E-state index contributed by atoms with van der Waals surface area (Å²) in [5, 5.41) is 0. The number of fused-ring (bicyclic) bond motifs is 8. The molecule has 2 N–H and O–H groups in total. The Morgan fingerprint density at radius 3 is 1.85 bits per heavy atom. The van der Waals surface area contributed by atoms with Crippen LogP contribution in [0, 0.1) is 20.8 Å². The zero-order valence-corrected chi connectivity index (χ0v) is 19.8. The molecule has 2 aliphatic rings. The molecule has 6 rings (SSSR count). The number of aromatic amines is 2. The Morgan fingerprint density at radius 2 is 1.15 bits per heavy atom. The molecule has 0 saturated heterocycles. The van der Waals surface area contributed by atoms with Crippen molar-refractivity contribution in [3.63, 3.8) is 0 Å². The van der Waals surface area contributed by atoms with Gasteiger partial charge in [-0.05, 0) is 92.5 Å². The van der Waals surface area contributed by atoms with Crippen LogP contribution in [0.15, 0.2) is 54.6 Å². The van der Waals surface area contributed by atoms with Gasteiger partial charge in [-0.3, -0.25) is 0 Å². The summed E-state index contributed by atoms with van der Waals surface area (Å²) in [4.78, 5) is 17.4. The molecule has 3 aromatic heterocycles. The molecule has 4 heteroatoms. The van der Waals surface area contributed by atoms with Crippen LogP contribution in [0.3, 0.4) is 0 Å². The summed E-state index contributed by atoms with van der Waals surface area (Å²) in [5.41, 5.74) is 15.0. The van der Waals surface area contributed by atoms with Crippen molar-refractivity contribution in [2.45, 2.75) is 27.7 Å². The van der Waals surface area contributed by atoms with Crippen molar-refractivity contribution in [3.05, 3.63) is 94.1 Å². The lowest BCUT2D eigenvalue weighted by molar-refractivity contribution is 1.19. The molecule has 34 heavy (non-hydrogen) atoms. The van der Waals surface area contributed by atoms with Crippen molar-refractivity contribution < 1.29 is 0 Å². The molecular weight excluding hydrogens is 416 g/mol. The van der Waals surface area contributed by atoms with Gasteiger partial charge < -0.3 is 9.97 Å². The summed E-state index contributed by atoms with van der Waals surface area (Å²) >= 11 is 0. The molecule has 0 amide bonds. The van der Waals surface area contributed by atoms with Crippen LogP contribution in [0.25, 0.3) is 57.0 Å². The van der Waals surface area contributed by atoms with E-state index in [1.165, 1.54) is 0 Å². The Labute approximate surface area is 198 Å². The molecule has 0 saturated carbocycles. The summed E-state index contributed by atoms with van der Waals surface area (Å²) in [6, 6.07) is 19.1. The lowest BCUT2D eigenvalue weighted by Gasteiger charge is -2.03. The predicted octanol–water partition coefficient (Wildman–Crippen LogP) is 7.64. The number of rotatable bonds is 1. The number of H-pyrrole nitrogens is 2. The standard InChI is InChI=1S/C30H26N4/c1-17-16-28-29(21-8-6-5-7-9-21)27-15-14-25(33-27)19(3)23-11-10-22(31-23)18(2)24-12-13-26(32-24)20(4)30(17)34-28/h5-16,31,33H,1-4H3. The fourth-order valence-corrected chi connectivity index (χ4v) is 4.84. The summed E-state index contributed by atoms with van der Waals surface area (Å²) in [6.07, 6.45) is 6.38. The quantitative estimate of drug-likeness (QED) is 0.280. The van der Waals surface area contributed by atoms with Crippen molar-refractivity contribution >= 4 is 45.9 Å². The maximum atomic E-state index is 5.14. The third-order valence-electron chi connectivity index (χ3n) is 6.89. The Balaban J connectivity index is 1.82. The smallest absolute Gasteiger partial charge is 0.0739 e. The van der Waals surface area contributed by atoms with E-state index in [1.54, 1.807) is 0 Å². The number of allylic oxidation sites excluding steroid dienone is 1. The topological polar surface area (TPSA) is 57.4 Å². The first-order chi connectivity index (χ1) is 16.5.